The van der Waals surface area contributed by atoms with Gasteiger partial charge in [0.2, 0.25) is 5.91 Å². The van der Waals surface area contributed by atoms with Gasteiger partial charge in [0.25, 0.3) is 0 Å². The SMILES string of the molecule is CCC[C@@H](N)C(=O)Nc1ccc(NC(N)=O)cc1. The third-order valence-corrected chi connectivity index (χ3v) is 2.36. The van der Waals surface area contributed by atoms with Gasteiger partial charge in [0.1, 0.15) is 0 Å². The van der Waals surface area contributed by atoms with Crippen molar-refractivity contribution in [2.24, 2.45) is 11.5 Å². The molecule has 0 aliphatic carbocycles. The standard InChI is InChI=1S/C12H18N4O2/c1-2-3-10(13)11(17)15-8-4-6-9(7-5-8)16-12(14)18/h4-7,10H,2-3,13H2,1H3,(H,15,17)(H3,14,16,18)/t10-/m1/s1. The van der Waals surface area contributed by atoms with Crippen molar-refractivity contribution in [1.29, 1.82) is 0 Å². The van der Waals surface area contributed by atoms with E-state index in [1.54, 1.807) is 24.3 Å². The Morgan fingerprint density at radius 1 is 1.17 bits per heavy atom. The van der Waals surface area contributed by atoms with E-state index in [1.165, 1.54) is 0 Å². The molecule has 0 saturated heterocycles. The van der Waals surface area contributed by atoms with Crippen molar-refractivity contribution < 1.29 is 9.59 Å². The molecule has 6 heteroatoms. The Morgan fingerprint density at radius 2 is 1.67 bits per heavy atom. The highest BCUT2D eigenvalue weighted by atomic mass is 16.2. The molecule has 0 spiro atoms. The van der Waals surface area contributed by atoms with E-state index in [0.29, 0.717) is 17.8 Å². The van der Waals surface area contributed by atoms with Crippen LogP contribution in [0.5, 0.6) is 0 Å². The zero-order valence-corrected chi connectivity index (χ0v) is 10.3. The number of nitrogens with two attached hydrogens (primary N) is 2. The van der Waals surface area contributed by atoms with Gasteiger partial charge in [-0.15, -0.1) is 0 Å². The van der Waals surface area contributed by atoms with E-state index in [0.717, 1.165) is 6.42 Å². The lowest BCUT2D eigenvalue weighted by Gasteiger charge is -2.11. The summed E-state index contributed by atoms with van der Waals surface area (Å²) >= 11 is 0. The van der Waals surface area contributed by atoms with Gasteiger partial charge in [-0.05, 0) is 30.7 Å². The maximum atomic E-state index is 11.6. The van der Waals surface area contributed by atoms with E-state index in [4.69, 9.17) is 11.5 Å². The number of benzene rings is 1. The summed E-state index contributed by atoms with van der Waals surface area (Å²) in [4.78, 5) is 22.3. The molecule has 1 aromatic rings. The molecular weight excluding hydrogens is 232 g/mol. The third-order valence-electron chi connectivity index (χ3n) is 2.36. The predicted octanol–water partition coefficient (Wildman–Crippen LogP) is 1.24. The van der Waals surface area contributed by atoms with Crippen molar-refractivity contribution >= 4 is 23.3 Å². The van der Waals surface area contributed by atoms with Gasteiger partial charge in [0.05, 0.1) is 6.04 Å². The predicted molar refractivity (Wildman–Crippen MR) is 71.2 cm³/mol. The Morgan fingerprint density at radius 3 is 2.11 bits per heavy atom. The molecule has 1 aromatic carbocycles. The summed E-state index contributed by atoms with van der Waals surface area (Å²) in [5.41, 5.74) is 11.9. The maximum Gasteiger partial charge on any atom is 0.316 e. The number of carbonyl (C=O) groups excluding carboxylic acids is 2. The highest BCUT2D eigenvalue weighted by Crippen LogP contribution is 2.13. The average molecular weight is 250 g/mol. The molecule has 0 aliphatic heterocycles. The first-order chi connectivity index (χ1) is 8.52. The molecule has 0 saturated carbocycles. The minimum atomic E-state index is -0.628. The number of carbonyl (C=O) groups is 2. The number of urea groups is 1. The van der Waals surface area contributed by atoms with Crippen LogP contribution in [0.2, 0.25) is 0 Å². The van der Waals surface area contributed by atoms with Gasteiger partial charge in [0, 0.05) is 11.4 Å². The topological polar surface area (TPSA) is 110 Å². The molecule has 0 unspecified atom stereocenters. The molecule has 1 atom stereocenters. The zero-order chi connectivity index (χ0) is 13.5. The number of primary amides is 1. The first kappa shape index (κ1) is 14.0. The lowest BCUT2D eigenvalue weighted by atomic mass is 10.1. The van der Waals surface area contributed by atoms with E-state index in [9.17, 15) is 9.59 Å². The molecule has 98 valence electrons. The Hall–Kier alpha value is -2.08. The highest BCUT2D eigenvalue weighted by Gasteiger charge is 2.11. The second kappa shape index (κ2) is 6.61. The largest absolute Gasteiger partial charge is 0.351 e. The highest BCUT2D eigenvalue weighted by molar-refractivity contribution is 5.95. The van der Waals surface area contributed by atoms with Crippen molar-refractivity contribution in [3.05, 3.63) is 24.3 Å². The number of amides is 3. The molecule has 0 heterocycles. The quantitative estimate of drug-likeness (QED) is 0.631. The number of hydrogen-bond acceptors (Lipinski definition) is 3. The van der Waals surface area contributed by atoms with Crippen molar-refractivity contribution in [2.75, 3.05) is 10.6 Å². The van der Waals surface area contributed by atoms with E-state index in [-0.39, 0.29) is 5.91 Å². The Bertz CT molecular complexity index is 417. The summed E-state index contributed by atoms with van der Waals surface area (Å²) in [6.45, 7) is 1.97. The van der Waals surface area contributed by atoms with Gasteiger partial charge in [-0.1, -0.05) is 13.3 Å². The summed E-state index contributed by atoms with van der Waals surface area (Å²) in [7, 11) is 0. The first-order valence-corrected chi connectivity index (χ1v) is 5.76. The fraction of sp³-hybridized carbons (Fsp3) is 0.333. The smallest absolute Gasteiger partial charge is 0.316 e. The maximum absolute atomic E-state index is 11.6. The number of nitrogens with one attached hydrogen (secondary N) is 2. The molecule has 0 radical (unpaired) electrons. The minimum absolute atomic E-state index is 0.215. The monoisotopic (exact) mass is 250 g/mol. The molecule has 18 heavy (non-hydrogen) atoms. The molecule has 0 aromatic heterocycles. The molecule has 0 aliphatic rings. The van der Waals surface area contributed by atoms with Gasteiger partial charge >= 0.3 is 6.03 Å². The number of rotatable bonds is 5. The van der Waals surface area contributed by atoms with Crippen LogP contribution in [0, 0.1) is 0 Å². The minimum Gasteiger partial charge on any atom is -0.351 e. The van der Waals surface area contributed by atoms with Crippen LogP contribution in [-0.4, -0.2) is 18.0 Å². The van der Waals surface area contributed by atoms with E-state index >= 15 is 0 Å². The van der Waals surface area contributed by atoms with Crippen LogP contribution in [0.1, 0.15) is 19.8 Å². The second-order valence-electron chi connectivity index (χ2n) is 3.95. The van der Waals surface area contributed by atoms with Crippen molar-refractivity contribution in [3.8, 4) is 0 Å². The Kier molecular flexibility index (Phi) is 5.13. The van der Waals surface area contributed by atoms with Crippen LogP contribution in [0.25, 0.3) is 0 Å². The van der Waals surface area contributed by atoms with Crippen LogP contribution in [-0.2, 0) is 4.79 Å². The lowest BCUT2D eigenvalue weighted by Crippen LogP contribution is -2.35. The summed E-state index contributed by atoms with van der Waals surface area (Å²) in [5.74, 6) is -0.215. The second-order valence-corrected chi connectivity index (χ2v) is 3.95. The van der Waals surface area contributed by atoms with Crippen molar-refractivity contribution in [1.82, 2.24) is 0 Å². The molecule has 1 rings (SSSR count). The van der Waals surface area contributed by atoms with Crippen molar-refractivity contribution in [3.63, 3.8) is 0 Å². The third kappa shape index (κ3) is 4.42. The van der Waals surface area contributed by atoms with Gasteiger partial charge in [0.15, 0.2) is 0 Å². The molecule has 0 bridgehead atoms. The molecule has 6 N–H and O–H groups in total. The summed E-state index contributed by atoms with van der Waals surface area (Å²) in [6.07, 6.45) is 1.50. The molecule has 6 nitrogen and oxygen atoms in total. The fourth-order valence-electron chi connectivity index (χ4n) is 1.46. The Labute approximate surface area is 106 Å². The summed E-state index contributed by atoms with van der Waals surface area (Å²) in [5, 5.41) is 5.13. The zero-order valence-electron chi connectivity index (χ0n) is 10.3. The summed E-state index contributed by atoms with van der Waals surface area (Å²) < 4.78 is 0. The molecular formula is C12H18N4O2. The Balaban J connectivity index is 2.58. The molecule has 3 amide bonds. The lowest BCUT2D eigenvalue weighted by molar-refractivity contribution is -0.117. The van der Waals surface area contributed by atoms with E-state index < -0.39 is 12.1 Å². The van der Waals surface area contributed by atoms with Crippen LogP contribution in [0.3, 0.4) is 0 Å². The van der Waals surface area contributed by atoms with Gasteiger partial charge in [-0.3, -0.25) is 4.79 Å². The number of anilines is 2. The normalized spacial score (nSPS) is 11.7. The first-order valence-electron chi connectivity index (χ1n) is 5.76. The summed E-state index contributed by atoms with van der Waals surface area (Å²) in [6, 6.07) is 5.50. The van der Waals surface area contributed by atoms with Crippen LogP contribution in [0.4, 0.5) is 16.2 Å². The number of hydrogen-bond donors (Lipinski definition) is 4. The van der Waals surface area contributed by atoms with Crippen LogP contribution < -0.4 is 22.1 Å². The van der Waals surface area contributed by atoms with Gasteiger partial charge in [-0.2, -0.15) is 0 Å². The van der Waals surface area contributed by atoms with Crippen molar-refractivity contribution in [2.45, 2.75) is 25.8 Å². The molecule has 0 fully saturated rings. The van der Waals surface area contributed by atoms with Crippen LogP contribution in [0.15, 0.2) is 24.3 Å². The van der Waals surface area contributed by atoms with Gasteiger partial charge < -0.3 is 22.1 Å². The van der Waals surface area contributed by atoms with E-state index in [2.05, 4.69) is 10.6 Å². The fourth-order valence-corrected chi connectivity index (χ4v) is 1.46. The van der Waals surface area contributed by atoms with E-state index in [1.807, 2.05) is 6.92 Å². The average Bonchev–Trinajstić information content (AvgIpc) is 2.31. The van der Waals surface area contributed by atoms with Gasteiger partial charge in [-0.25, -0.2) is 4.79 Å². The van der Waals surface area contributed by atoms with Crippen LogP contribution >= 0.6 is 0 Å².